The normalized spacial score (nSPS) is 12.5. The van der Waals surface area contributed by atoms with Gasteiger partial charge in [0.05, 0.1) is 0 Å². The van der Waals surface area contributed by atoms with E-state index in [9.17, 15) is 9.59 Å². The molecule has 1 heterocycles. The van der Waals surface area contributed by atoms with Crippen molar-refractivity contribution < 1.29 is 14.7 Å². The van der Waals surface area contributed by atoms with Crippen molar-refractivity contribution >= 4 is 11.9 Å². The van der Waals surface area contributed by atoms with Crippen LogP contribution < -0.4 is 5.32 Å². The Labute approximate surface area is 94.1 Å². The van der Waals surface area contributed by atoms with Gasteiger partial charge >= 0.3 is 5.97 Å². The van der Waals surface area contributed by atoms with Gasteiger partial charge in [-0.2, -0.15) is 0 Å². The highest BCUT2D eigenvalue weighted by molar-refractivity contribution is 5.95. The van der Waals surface area contributed by atoms with Gasteiger partial charge in [0.25, 0.3) is 5.91 Å². The predicted molar refractivity (Wildman–Crippen MR) is 59.4 cm³/mol. The quantitative estimate of drug-likeness (QED) is 0.809. The topological polar surface area (TPSA) is 71.3 Å². The summed E-state index contributed by atoms with van der Waals surface area (Å²) in [4.78, 5) is 22.4. The molecule has 0 aliphatic heterocycles. The molecule has 0 bridgehead atoms. The van der Waals surface area contributed by atoms with Gasteiger partial charge in [0.2, 0.25) is 0 Å². The number of amides is 1. The van der Waals surface area contributed by atoms with Crippen molar-refractivity contribution in [3.8, 4) is 0 Å². The second-order valence-electron chi connectivity index (χ2n) is 3.93. The molecule has 0 aromatic carbocycles. The molecule has 1 amide bonds. The van der Waals surface area contributed by atoms with Gasteiger partial charge in [-0.1, -0.05) is 0 Å². The van der Waals surface area contributed by atoms with Gasteiger partial charge in [0.15, 0.2) is 0 Å². The van der Waals surface area contributed by atoms with Crippen LogP contribution in [0.15, 0.2) is 18.3 Å². The predicted octanol–water partition coefficient (Wildman–Crippen LogP) is 1.27. The van der Waals surface area contributed by atoms with Crippen molar-refractivity contribution in [2.75, 3.05) is 0 Å². The van der Waals surface area contributed by atoms with Crippen LogP contribution in [0.3, 0.4) is 0 Å². The van der Waals surface area contributed by atoms with Crippen molar-refractivity contribution in [2.24, 2.45) is 0 Å². The van der Waals surface area contributed by atoms with Crippen LogP contribution in [-0.2, 0) is 4.79 Å². The largest absolute Gasteiger partial charge is 0.480 e. The highest BCUT2D eigenvalue weighted by atomic mass is 16.4. The van der Waals surface area contributed by atoms with Crippen LogP contribution in [-0.4, -0.2) is 27.6 Å². The summed E-state index contributed by atoms with van der Waals surface area (Å²) in [7, 11) is 0. The molecule has 5 heteroatoms. The van der Waals surface area contributed by atoms with E-state index in [1.54, 1.807) is 22.9 Å². The minimum Gasteiger partial charge on any atom is -0.480 e. The molecule has 0 saturated carbocycles. The molecule has 1 rings (SSSR count). The minimum absolute atomic E-state index is 0.163. The molecular weight excluding hydrogens is 208 g/mol. The monoisotopic (exact) mass is 224 g/mol. The van der Waals surface area contributed by atoms with E-state index < -0.39 is 12.0 Å². The summed E-state index contributed by atoms with van der Waals surface area (Å²) >= 11 is 0. The van der Waals surface area contributed by atoms with Crippen molar-refractivity contribution in [3.63, 3.8) is 0 Å². The first-order valence-electron chi connectivity index (χ1n) is 5.14. The lowest BCUT2D eigenvalue weighted by atomic mass is 10.3. The van der Waals surface area contributed by atoms with Gasteiger partial charge in [-0.05, 0) is 32.9 Å². The Morgan fingerprint density at radius 2 is 2.00 bits per heavy atom. The van der Waals surface area contributed by atoms with Gasteiger partial charge in [-0.15, -0.1) is 0 Å². The highest BCUT2D eigenvalue weighted by Crippen LogP contribution is 2.10. The van der Waals surface area contributed by atoms with Crippen LogP contribution in [0.4, 0.5) is 0 Å². The van der Waals surface area contributed by atoms with Gasteiger partial charge in [-0.3, -0.25) is 9.59 Å². The Balaban J connectivity index is 2.81. The third-order valence-corrected chi connectivity index (χ3v) is 2.29. The lowest BCUT2D eigenvalue weighted by Gasteiger charge is -2.14. The summed E-state index contributed by atoms with van der Waals surface area (Å²) in [6.45, 7) is 5.34. The molecular formula is C11H16N2O3. The van der Waals surface area contributed by atoms with Crippen molar-refractivity contribution in [2.45, 2.75) is 32.9 Å². The lowest BCUT2D eigenvalue weighted by Crippen LogP contribution is -2.39. The Hall–Kier alpha value is -1.78. The van der Waals surface area contributed by atoms with E-state index in [1.807, 2.05) is 13.8 Å². The number of carboxylic acids is 1. The standard InChI is InChI=1S/C11H16N2O3/c1-7(2)13-6-4-5-9(13)10(14)12-8(3)11(15)16/h4-8H,1-3H3,(H,12,14)(H,15,16)/t8-/m1/s1. The molecule has 0 saturated heterocycles. The molecule has 88 valence electrons. The SMILES string of the molecule is CC(C)n1cccc1C(=O)N[C@H](C)C(=O)O. The van der Waals surface area contributed by atoms with Crippen molar-refractivity contribution in [1.29, 1.82) is 0 Å². The minimum atomic E-state index is -1.05. The maximum atomic E-state index is 11.8. The van der Waals surface area contributed by atoms with Crippen LogP contribution in [0, 0.1) is 0 Å². The van der Waals surface area contributed by atoms with E-state index in [1.165, 1.54) is 6.92 Å². The van der Waals surface area contributed by atoms with Crippen LogP contribution in [0.2, 0.25) is 0 Å². The fourth-order valence-electron chi connectivity index (χ4n) is 1.37. The molecule has 0 unspecified atom stereocenters. The van der Waals surface area contributed by atoms with Crippen LogP contribution in [0.5, 0.6) is 0 Å². The fourth-order valence-corrected chi connectivity index (χ4v) is 1.37. The van der Waals surface area contributed by atoms with Gasteiger partial charge in [0.1, 0.15) is 11.7 Å². The van der Waals surface area contributed by atoms with Crippen molar-refractivity contribution in [3.05, 3.63) is 24.0 Å². The molecule has 1 aromatic rings. The number of nitrogens with one attached hydrogen (secondary N) is 1. The molecule has 0 fully saturated rings. The Morgan fingerprint density at radius 3 is 2.50 bits per heavy atom. The third-order valence-electron chi connectivity index (χ3n) is 2.29. The lowest BCUT2D eigenvalue weighted by molar-refractivity contribution is -0.138. The molecule has 0 spiro atoms. The molecule has 1 atom stereocenters. The fraction of sp³-hybridized carbons (Fsp3) is 0.455. The second kappa shape index (κ2) is 4.83. The van der Waals surface area contributed by atoms with Crippen LogP contribution in [0.25, 0.3) is 0 Å². The van der Waals surface area contributed by atoms with Gasteiger partial charge < -0.3 is 15.0 Å². The third kappa shape index (κ3) is 2.62. The summed E-state index contributed by atoms with van der Waals surface area (Å²) in [5, 5.41) is 11.1. The first-order chi connectivity index (χ1) is 7.43. The summed E-state index contributed by atoms with van der Waals surface area (Å²) in [6.07, 6.45) is 1.80. The number of rotatable bonds is 4. The van der Waals surface area contributed by atoms with E-state index in [0.29, 0.717) is 5.69 Å². The molecule has 1 aromatic heterocycles. The van der Waals surface area contributed by atoms with Gasteiger partial charge in [-0.25, -0.2) is 0 Å². The molecule has 5 nitrogen and oxygen atoms in total. The number of carbonyl (C=O) groups excluding carboxylic acids is 1. The van der Waals surface area contributed by atoms with Gasteiger partial charge in [0, 0.05) is 12.2 Å². The maximum Gasteiger partial charge on any atom is 0.325 e. The number of nitrogens with zero attached hydrogens (tertiary/aromatic N) is 1. The second-order valence-corrected chi connectivity index (χ2v) is 3.93. The van der Waals surface area contributed by atoms with E-state index in [2.05, 4.69) is 5.32 Å². The molecule has 2 N–H and O–H groups in total. The summed E-state index contributed by atoms with van der Waals surface area (Å²) in [5.41, 5.74) is 0.475. The number of hydrogen-bond acceptors (Lipinski definition) is 2. The molecule has 0 aliphatic rings. The van der Waals surface area contributed by atoms with E-state index >= 15 is 0 Å². The average Bonchev–Trinajstić information content (AvgIpc) is 2.65. The smallest absolute Gasteiger partial charge is 0.325 e. The number of aliphatic carboxylic acids is 1. The number of carbonyl (C=O) groups is 2. The van der Waals surface area contributed by atoms with Crippen molar-refractivity contribution in [1.82, 2.24) is 9.88 Å². The Kier molecular flexibility index (Phi) is 3.71. The maximum absolute atomic E-state index is 11.8. The average molecular weight is 224 g/mol. The Morgan fingerprint density at radius 1 is 1.38 bits per heavy atom. The van der Waals surface area contributed by atoms with Crippen LogP contribution in [0.1, 0.15) is 37.3 Å². The molecule has 0 aliphatic carbocycles. The first-order valence-corrected chi connectivity index (χ1v) is 5.14. The summed E-state index contributed by atoms with van der Waals surface area (Å²) < 4.78 is 1.80. The first kappa shape index (κ1) is 12.3. The zero-order valence-electron chi connectivity index (χ0n) is 9.60. The molecule has 0 radical (unpaired) electrons. The highest BCUT2D eigenvalue weighted by Gasteiger charge is 2.18. The molecule has 16 heavy (non-hydrogen) atoms. The Bertz CT molecular complexity index is 396. The van der Waals surface area contributed by atoms with E-state index in [-0.39, 0.29) is 11.9 Å². The zero-order valence-corrected chi connectivity index (χ0v) is 9.60. The number of hydrogen-bond donors (Lipinski definition) is 2. The van der Waals surface area contributed by atoms with E-state index in [0.717, 1.165) is 0 Å². The number of carboxylic acid groups (broad SMARTS) is 1. The number of aromatic nitrogens is 1. The van der Waals surface area contributed by atoms with E-state index in [4.69, 9.17) is 5.11 Å². The zero-order chi connectivity index (χ0) is 12.3. The summed E-state index contributed by atoms with van der Waals surface area (Å²) in [5.74, 6) is -1.41. The van der Waals surface area contributed by atoms with Crippen LogP contribution >= 0.6 is 0 Å². The summed E-state index contributed by atoms with van der Waals surface area (Å²) in [6, 6.07) is 2.71.